The molecule has 31 heavy (non-hydrogen) atoms. The molecule has 0 aliphatic rings. The molecule has 0 fully saturated rings. The van der Waals surface area contributed by atoms with E-state index in [9.17, 15) is 4.79 Å². The SMILES string of the molecule is CCCCCCCCCCCCCCCCCCOCC(=O)COc1ccc(C)cc1. The van der Waals surface area contributed by atoms with Gasteiger partial charge in [-0.2, -0.15) is 0 Å². The highest BCUT2D eigenvalue weighted by Gasteiger charge is 2.03. The summed E-state index contributed by atoms with van der Waals surface area (Å²) < 4.78 is 11.0. The van der Waals surface area contributed by atoms with Crippen LogP contribution in [0.15, 0.2) is 24.3 Å². The molecule has 1 rings (SSSR count). The number of Topliss-reactive ketones (excluding diaryl/α,β-unsaturated/α-hetero) is 1. The van der Waals surface area contributed by atoms with Crippen molar-refractivity contribution in [3.05, 3.63) is 29.8 Å². The first-order chi connectivity index (χ1) is 15.2. The summed E-state index contributed by atoms with van der Waals surface area (Å²) in [6.45, 7) is 5.23. The third-order valence-electron chi connectivity index (χ3n) is 5.83. The van der Waals surface area contributed by atoms with Crippen LogP contribution >= 0.6 is 0 Å². The molecule has 0 spiro atoms. The Morgan fingerprint density at radius 2 is 1.10 bits per heavy atom. The number of carbonyl (C=O) groups is 1. The smallest absolute Gasteiger partial charge is 0.195 e. The van der Waals surface area contributed by atoms with Gasteiger partial charge in [0.15, 0.2) is 5.78 Å². The lowest BCUT2D eigenvalue weighted by molar-refractivity contribution is -0.125. The maximum absolute atomic E-state index is 11.8. The highest BCUT2D eigenvalue weighted by Crippen LogP contribution is 2.14. The van der Waals surface area contributed by atoms with Gasteiger partial charge in [0.1, 0.15) is 19.0 Å². The number of hydrogen-bond donors (Lipinski definition) is 0. The van der Waals surface area contributed by atoms with E-state index in [4.69, 9.17) is 9.47 Å². The van der Waals surface area contributed by atoms with Crippen LogP contribution in [0.3, 0.4) is 0 Å². The monoisotopic (exact) mass is 432 g/mol. The Morgan fingerprint density at radius 3 is 1.58 bits per heavy atom. The molecule has 0 aliphatic carbocycles. The average Bonchev–Trinajstić information content (AvgIpc) is 2.78. The zero-order chi connectivity index (χ0) is 22.4. The summed E-state index contributed by atoms with van der Waals surface area (Å²) in [6.07, 6.45) is 21.8. The van der Waals surface area contributed by atoms with Gasteiger partial charge in [0.2, 0.25) is 0 Å². The van der Waals surface area contributed by atoms with Crippen molar-refractivity contribution in [2.24, 2.45) is 0 Å². The fourth-order valence-corrected chi connectivity index (χ4v) is 3.78. The van der Waals surface area contributed by atoms with E-state index >= 15 is 0 Å². The summed E-state index contributed by atoms with van der Waals surface area (Å²) in [5.41, 5.74) is 1.18. The van der Waals surface area contributed by atoms with Crippen LogP contribution in [-0.2, 0) is 9.53 Å². The van der Waals surface area contributed by atoms with Crippen LogP contribution in [0.4, 0.5) is 0 Å². The van der Waals surface area contributed by atoms with Crippen molar-refractivity contribution in [2.75, 3.05) is 19.8 Å². The van der Waals surface area contributed by atoms with E-state index in [-0.39, 0.29) is 19.0 Å². The van der Waals surface area contributed by atoms with Crippen LogP contribution in [0, 0.1) is 6.92 Å². The summed E-state index contributed by atoms with van der Waals surface area (Å²) in [4.78, 5) is 11.8. The van der Waals surface area contributed by atoms with Crippen molar-refractivity contribution < 1.29 is 14.3 Å². The van der Waals surface area contributed by atoms with Gasteiger partial charge < -0.3 is 9.47 Å². The van der Waals surface area contributed by atoms with Gasteiger partial charge in [-0.15, -0.1) is 0 Å². The second-order valence-electron chi connectivity index (χ2n) is 9.00. The molecule has 0 atom stereocenters. The Bertz CT molecular complexity index is 524. The predicted molar refractivity (Wildman–Crippen MR) is 132 cm³/mol. The first-order valence-electron chi connectivity index (χ1n) is 13.0. The quantitative estimate of drug-likeness (QED) is 0.173. The molecule has 0 radical (unpaired) electrons. The second-order valence-corrected chi connectivity index (χ2v) is 9.00. The number of ketones is 1. The van der Waals surface area contributed by atoms with Crippen molar-refractivity contribution in [2.45, 2.75) is 117 Å². The van der Waals surface area contributed by atoms with Gasteiger partial charge in [-0.25, -0.2) is 0 Å². The third-order valence-corrected chi connectivity index (χ3v) is 5.83. The number of hydrogen-bond acceptors (Lipinski definition) is 3. The molecule has 1 aromatic rings. The average molecular weight is 433 g/mol. The molecule has 1 aromatic carbocycles. The van der Waals surface area contributed by atoms with E-state index in [1.54, 1.807) is 0 Å². The van der Waals surface area contributed by atoms with E-state index in [1.165, 1.54) is 102 Å². The highest BCUT2D eigenvalue weighted by molar-refractivity contribution is 5.81. The maximum Gasteiger partial charge on any atom is 0.195 e. The fourth-order valence-electron chi connectivity index (χ4n) is 3.78. The van der Waals surface area contributed by atoms with Crippen molar-refractivity contribution in [3.8, 4) is 5.75 Å². The zero-order valence-electron chi connectivity index (χ0n) is 20.5. The largest absolute Gasteiger partial charge is 0.486 e. The number of carbonyl (C=O) groups excluding carboxylic acids is 1. The molecular weight excluding hydrogens is 384 g/mol. The zero-order valence-corrected chi connectivity index (χ0v) is 20.5. The molecule has 0 bridgehead atoms. The van der Waals surface area contributed by atoms with Crippen LogP contribution in [0.25, 0.3) is 0 Å². The first kappa shape index (κ1) is 27.7. The van der Waals surface area contributed by atoms with Crippen LogP contribution in [0.1, 0.15) is 115 Å². The summed E-state index contributed by atoms with van der Waals surface area (Å²) in [5.74, 6) is 0.730. The van der Waals surface area contributed by atoms with Gasteiger partial charge in [-0.1, -0.05) is 121 Å². The Morgan fingerprint density at radius 1 is 0.645 bits per heavy atom. The molecule has 178 valence electrons. The number of aryl methyl sites for hydroxylation is 1. The lowest BCUT2D eigenvalue weighted by Gasteiger charge is -2.07. The van der Waals surface area contributed by atoms with Gasteiger partial charge in [0.25, 0.3) is 0 Å². The standard InChI is InChI=1S/C28H48O3/c1-3-4-5-6-7-8-9-10-11-12-13-14-15-16-17-18-23-30-24-27(29)25-31-28-21-19-26(2)20-22-28/h19-22H,3-18,23-25H2,1-2H3. The van der Waals surface area contributed by atoms with Crippen molar-refractivity contribution in [1.82, 2.24) is 0 Å². The molecule has 0 aliphatic heterocycles. The van der Waals surface area contributed by atoms with Crippen molar-refractivity contribution in [3.63, 3.8) is 0 Å². The first-order valence-corrected chi connectivity index (χ1v) is 13.0. The minimum atomic E-state index is -0.00271. The predicted octanol–water partition coefficient (Wildman–Crippen LogP) is 8.22. The normalized spacial score (nSPS) is 11.0. The van der Waals surface area contributed by atoms with E-state index in [1.807, 2.05) is 31.2 Å². The van der Waals surface area contributed by atoms with Gasteiger partial charge in [0, 0.05) is 6.61 Å². The highest BCUT2D eigenvalue weighted by atomic mass is 16.5. The molecule has 0 aromatic heterocycles. The summed E-state index contributed by atoms with van der Waals surface area (Å²) in [7, 11) is 0. The molecule has 0 saturated carbocycles. The summed E-state index contributed by atoms with van der Waals surface area (Å²) in [5, 5.41) is 0. The number of rotatable bonds is 22. The topological polar surface area (TPSA) is 35.5 Å². The van der Waals surface area contributed by atoms with Crippen LogP contribution in [-0.4, -0.2) is 25.6 Å². The minimum Gasteiger partial charge on any atom is -0.486 e. The van der Waals surface area contributed by atoms with Gasteiger partial charge in [0.05, 0.1) is 0 Å². The molecule has 3 heteroatoms. The van der Waals surface area contributed by atoms with E-state index in [0.29, 0.717) is 6.61 Å². The Kier molecular flexibility index (Phi) is 18.3. The molecule has 0 heterocycles. The maximum atomic E-state index is 11.8. The van der Waals surface area contributed by atoms with Gasteiger partial charge in [-0.05, 0) is 25.5 Å². The number of benzene rings is 1. The molecule has 3 nitrogen and oxygen atoms in total. The van der Waals surface area contributed by atoms with Crippen LogP contribution in [0.2, 0.25) is 0 Å². The second kappa shape index (κ2) is 20.5. The van der Waals surface area contributed by atoms with Gasteiger partial charge in [-0.3, -0.25) is 4.79 Å². The molecule has 0 saturated heterocycles. The molecule has 0 N–H and O–H groups in total. The third kappa shape index (κ3) is 18.0. The molecular formula is C28H48O3. The van der Waals surface area contributed by atoms with Gasteiger partial charge >= 0.3 is 0 Å². The molecule has 0 unspecified atom stereocenters. The van der Waals surface area contributed by atoms with Crippen LogP contribution in [0.5, 0.6) is 5.75 Å². The fraction of sp³-hybridized carbons (Fsp3) is 0.750. The van der Waals surface area contributed by atoms with Crippen molar-refractivity contribution >= 4 is 5.78 Å². The minimum absolute atomic E-state index is 0.00271. The van der Waals surface area contributed by atoms with Crippen LogP contribution < -0.4 is 4.74 Å². The summed E-state index contributed by atoms with van der Waals surface area (Å²) in [6, 6.07) is 7.74. The molecule has 0 amide bonds. The summed E-state index contributed by atoms with van der Waals surface area (Å²) >= 11 is 0. The Labute approximate surface area is 192 Å². The lowest BCUT2D eigenvalue weighted by atomic mass is 10.0. The Balaban J connectivity index is 1.75. The van der Waals surface area contributed by atoms with E-state index < -0.39 is 0 Å². The van der Waals surface area contributed by atoms with Crippen molar-refractivity contribution in [1.29, 1.82) is 0 Å². The number of ether oxygens (including phenoxy) is 2. The Hall–Kier alpha value is -1.35. The lowest BCUT2D eigenvalue weighted by Crippen LogP contribution is -2.17. The number of unbranched alkanes of at least 4 members (excludes halogenated alkanes) is 15. The van der Waals surface area contributed by atoms with E-state index in [0.717, 1.165) is 12.2 Å². The van der Waals surface area contributed by atoms with E-state index in [2.05, 4.69) is 6.92 Å².